The third-order valence-corrected chi connectivity index (χ3v) is 11.0. The molecular weight excluding hydrogens is 803 g/mol. The van der Waals surface area contributed by atoms with E-state index in [1.165, 1.54) is 26.2 Å². The first-order valence-corrected chi connectivity index (χ1v) is 18.0. The summed E-state index contributed by atoms with van der Waals surface area (Å²) >= 11 is 0. The van der Waals surface area contributed by atoms with E-state index in [4.69, 9.17) is 4.74 Å². The second-order valence-corrected chi connectivity index (χ2v) is 17.0. The number of carbonyl (C=O) groups excluding carboxylic acids is 9. The number of carbonyl (C=O) groups is 9. The van der Waals surface area contributed by atoms with Gasteiger partial charge in [-0.15, -0.1) is 0 Å². The zero-order valence-electron chi connectivity index (χ0n) is 35.3. The van der Waals surface area contributed by atoms with Crippen LogP contribution in [-0.2, 0) is 66.8 Å². The number of ether oxygens (including phenoxy) is 5. The predicted octanol–water partition coefficient (Wildman–Crippen LogP) is 9.93. The Bertz CT molecular complexity index is 1370. The van der Waals surface area contributed by atoms with E-state index in [2.05, 4.69) is 32.8 Å². The first kappa shape index (κ1) is 78.3. The van der Waals surface area contributed by atoms with Gasteiger partial charge in [0.2, 0.25) is 11.8 Å². The average Bonchev–Trinajstić information content (AvgIpc) is 3.58. The summed E-state index contributed by atoms with van der Waals surface area (Å²) in [6.45, 7) is 25.7. The van der Waals surface area contributed by atoms with E-state index in [0.717, 1.165) is 6.42 Å². The molecule has 4 aliphatic rings. The number of hydrogen-bond acceptors (Lipinski definition) is 14. The van der Waals surface area contributed by atoms with Crippen molar-refractivity contribution in [2.24, 2.45) is 50.7 Å². The number of rotatable bonds is 4. The van der Waals surface area contributed by atoms with Crippen LogP contribution in [0, 0.1) is 50.7 Å². The number of amides is 2. The summed E-state index contributed by atoms with van der Waals surface area (Å²) in [6, 6.07) is 0. The van der Waals surface area contributed by atoms with Crippen molar-refractivity contribution in [1.82, 2.24) is 4.90 Å². The maximum atomic E-state index is 11.2. The first-order valence-electron chi connectivity index (χ1n) is 18.0. The fourth-order valence-corrected chi connectivity index (χ4v) is 5.32. The summed E-state index contributed by atoms with van der Waals surface area (Å²) < 4.78 is 22.9. The molecule has 4 rings (SSSR count). The van der Waals surface area contributed by atoms with E-state index in [9.17, 15) is 43.2 Å². The van der Waals surface area contributed by atoms with Crippen molar-refractivity contribution in [2.45, 2.75) is 176 Å². The number of hydrogen-bond donors (Lipinski definition) is 0. The SMILES string of the molecule is C.C.C.C.C.C.C.C.CC1(C)C(=O)OC(=O)C1(C)C.CC1(C)CC(C)(C)C(=O)OC1=O.CC1C(=O)N(C)C(=O)C1C.CCC1(C)COC(=O)C1.COC(=O)C(C)C(C)C(=O)OC. The fraction of sp³-hybridized carbons (Fsp3) is 0.809. The highest BCUT2D eigenvalue weighted by atomic mass is 16.6. The van der Waals surface area contributed by atoms with Crippen molar-refractivity contribution in [3.63, 3.8) is 0 Å². The van der Waals surface area contributed by atoms with Crippen LogP contribution in [0.3, 0.4) is 0 Å². The van der Waals surface area contributed by atoms with Gasteiger partial charge in [0, 0.05) is 24.3 Å². The number of imide groups is 1. The summed E-state index contributed by atoms with van der Waals surface area (Å²) in [5.41, 5.74) is -2.31. The number of nitrogens with zero attached hydrogens (tertiary/aromatic N) is 1. The van der Waals surface area contributed by atoms with Gasteiger partial charge in [-0.3, -0.25) is 48.1 Å². The van der Waals surface area contributed by atoms with E-state index >= 15 is 0 Å². The topological polar surface area (TPSA) is 203 Å². The average molecular weight is 898 g/mol. The van der Waals surface area contributed by atoms with Crippen molar-refractivity contribution < 1.29 is 66.8 Å². The molecule has 0 N–H and O–H groups in total. The molecule has 0 spiro atoms. The zero-order chi connectivity index (χ0) is 42.9. The highest BCUT2D eigenvalue weighted by Gasteiger charge is 2.57. The lowest BCUT2D eigenvalue weighted by molar-refractivity contribution is -0.182. The lowest BCUT2D eigenvalue weighted by Crippen LogP contribution is -2.44. The van der Waals surface area contributed by atoms with Gasteiger partial charge < -0.3 is 23.7 Å². The Morgan fingerprint density at radius 1 is 0.613 bits per heavy atom. The predicted molar refractivity (Wildman–Crippen MR) is 248 cm³/mol. The van der Waals surface area contributed by atoms with Gasteiger partial charge in [-0.05, 0) is 68.2 Å². The minimum atomic E-state index is -0.690. The molecule has 4 saturated heterocycles. The smallest absolute Gasteiger partial charge is 0.320 e. The van der Waals surface area contributed by atoms with Crippen LogP contribution < -0.4 is 0 Å². The minimum Gasteiger partial charge on any atom is -0.469 e. The van der Waals surface area contributed by atoms with Gasteiger partial charge in [0.25, 0.3) is 0 Å². The number of methoxy groups -OCH3 is 2. The van der Waals surface area contributed by atoms with Gasteiger partial charge in [-0.1, -0.05) is 101 Å². The summed E-state index contributed by atoms with van der Waals surface area (Å²) in [5.74, 6) is -3.78. The van der Waals surface area contributed by atoms with Crippen LogP contribution in [0.4, 0.5) is 0 Å². The Kier molecular flexibility index (Phi) is 37.9. The lowest BCUT2D eigenvalue weighted by atomic mass is 9.70. The van der Waals surface area contributed by atoms with Crippen LogP contribution in [0.5, 0.6) is 0 Å². The molecule has 0 aromatic rings. The van der Waals surface area contributed by atoms with E-state index < -0.39 is 69.3 Å². The molecule has 372 valence electrons. The van der Waals surface area contributed by atoms with Gasteiger partial charge in [0.1, 0.15) is 0 Å². The van der Waals surface area contributed by atoms with Gasteiger partial charge in [0.05, 0.1) is 60.7 Å². The van der Waals surface area contributed by atoms with E-state index in [1.54, 1.807) is 83.1 Å². The Labute approximate surface area is 378 Å². The molecule has 15 heteroatoms. The van der Waals surface area contributed by atoms with Gasteiger partial charge >= 0.3 is 41.8 Å². The molecule has 0 saturated carbocycles. The molecule has 0 radical (unpaired) electrons. The molecule has 4 fully saturated rings. The minimum absolute atomic E-state index is 0. The third kappa shape index (κ3) is 19.5. The lowest BCUT2D eigenvalue weighted by Gasteiger charge is -2.36. The second kappa shape index (κ2) is 30.0. The van der Waals surface area contributed by atoms with Crippen LogP contribution in [0.15, 0.2) is 0 Å². The van der Waals surface area contributed by atoms with E-state index in [-0.39, 0.29) is 94.4 Å². The van der Waals surface area contributed by atoms with Gasteiger partial charge in [0.15, 0.2) is 0 Å². The number of likely N-dealkylation sites (tertiary alicyclic amines) is 1. The molecule has 0 aliphatic carbocycles. The molecule has 5 atom stereocenters. The molecule has 0 bridgehead atoms. The van der Waals surface area contributed by atoms with Gasteiger partial charge in [-0.2, -0.15) is 0 Å². The third-order valence-electron chi connectivity index (χ3n) is 11.0. The van der Waals surface area contributed by atoms with Crippen LogP contribution in [0.25, 0.3) is 0 Å². The Morgan fingerprint density at radius 2 is 0.903 bits per heavy atom. The van der Waals surface area contributed by atoms with Crippen molar-refractivity contribution in [1.29, 1.82) is 0 Å². The Hall–Kier alpha value is -4.17. The van der Waals surface area contributed by atoms with Crippen molar-refractivity contribution in [2.75, 3.05) is 27.9 Å². The summed E-state index contributed by atoms with van der Waals surface area (Å²) in [4.78, 5) is 100. The molecule has 2 amide bonds. The second-order valence-electron chi connectivity index (χ2n) is 17.0. The maximum absolute atomic E-state index is 11.2. The molecule has 4 heterocycles. The zero-order valence-corrected chi connectivity index (χ0v) is 35.3. The van der Waals surface area contributed by atoms with Crippen LogP contribution in [-0.4, -0.2) is 86.4 Å². The fourth-order valence-electron chi connectivity index (χ4n) is 5.32. The first-order chi connectivity index (χ1) is 24.3. The van der Waals surface area contributed by atoms with E-state index in [0.29, 0.717) is 19.4 Å². The van der Waals surface area contributed by atoms with Crippen LogP contribution in [0.1, 0.15) is 176 Å². The highest BCUT2D eigenvalue weighted by molar-refractivity contribution is 6.04. The Balaban J connectivity index is -0.0000000786. The quantitative estimate of drug-likeness (QED) is 0.112. The maximum Gasteiger partial charge on any atom is 0.320 e. The normalized spacial score (nSPS) is 23.2. The van der Waals surface area contributed by atoms with Crippen LogP contribution >= 0.6 is 0 Å². The van der Waals surface area contributed by atoms with Crippen molar-refractivity contribution in [3.05, 3.63) is 0 Å². The van der Waals surface area contributed by atoms with E-state index in [1.807, 2.05) is 0 Å². The van der Waals surface area contributed by atoms with Gasteiger partial charge in [-0.25, -0.2) is 0 Å². The summed E-state index contributed by atoms with van der Waals surface area (Å²) in [7, 11) is 4.12. The summed E-state index contributed by atoms with van der Waals surface area (Å²) in [6.07, 6.45) is 2.18. The number of cyclic esters (lactones) is 5. The molecule has 62 heavy (non-hydrogen) atoms. The van der Waals surface area contributed by atoms with Crippen LogP contribution in [0.2, 0.25) is 0 Å². The summed E-state index contributed by atoms with van der Waals surface area (Å²) in [5, 5.41) is 0. The molecular formula is C47H95NO14. The molecule has 4 aliphatic heterocycles. The van der Waals surface area contributed by atoms with Crippen molar-refractivity contribution >= 4 is 53.6 Å². The molecule has 5 unspecified atom stereocenters. The molecule has 0 aromatic carbocycles. The molecule has 0 aromatic heterocycles. The Morgan fingerprint density at radius 3 is 1.05 bits per heavy atom. The largest absolute Gasteiger partial charge is 0.469 e. The van der Waals surface area contributed by atoms with Crippen molar-refractivity contribution in [3.8, 4) is 0 Å². The monoisotopic (exact) mass is 898 g/mol. The molecule has 15 nitrogen and oxygen atoms in total. The number of esters is 7. The standard InChI is InChI=1S/C9H14O3.C8H14O4.C8H12O3.C7H11NO2.C7H12O2.8CH4/c1-8(2)5-9(3,4)7(11)12-6(8)10;1-5(7(9)11-3)6(2)8(10)12-4;1-7(2)5(9)11-6(10)8(7,3)4;1-4-5(2)7(10)8(3)6(4)9;1-3-7(2)4-6(8)9-5-7;;;;;;;;/h5H2,1-4H3;5-6H,1-4H3;1-4H3;4-5H,1-3H3;3-5H2,1-2H3;8*1H4. The highest BCUT2D eigenvalue weighted by Crippen LogP contribution is 2.45.